The van der Waals surface area contributed by atoms with Gasteiger partial charge in [0.2, 0.25) is 0 Å². The first kappa shape index (κ1) is 37.9. The van der Waals surface area contributed by atoms with E-state index in [0.717, 1.165) is 65.1 Å². The highest BCUT2D eigenvalue weighted by Gasteiger charge is 2.74. The van der Waals surface area contributed by atoms with Gasteiger partial charge >= 0.3 is 6.03 Å². The van der Waals surface area contributed by atoms with E-state index in [1.165, 1.54) is 0 Å². The van der Waals surface area contributed by atoms with Crippen LogP contribution < -0.4 is 5.32 Å². The molecule has 2 spiro atoms. The number of carbonyl (C=O) groups is 2. The molecule has 6 heteroatoms. The fraction of sp³-hybridized carbons (Fsp3) is 0.358. The molecule has 5 aromatic rings. The zero-order valence-electron chi connectivity index (χ0n) is 34.1. The van der Waals surface area contributed by atoms with E-state index in [1.807, 2.05) is 95.9 Å². The number of ketones is 1. The van der Waals surface area contributed by atoms with Gasteiger partial charge in [-0.2, -0.15) is 0 Å². The van der Waals surface area contributed by atoms with Gasteiger partial charge in [0, 0.05) is 39.6 Å². The van der Waals surface area contributed by atoms with Crippen molar-refractivity contribution in [1.29, 1.82) is 0 Å². The van der Waals surface area contributed by atoms with E-state index in [1.54, 1.807) is 0 Å². The summed E-state index contributed by atoms with van der Waals surface area (Å²) in [4.78, 5) is 31.5. The second-order valence-electron chi connectivity index (χ2n) is 18.9. The van der Waals surface area contributed by atoms with Crippen molar-refractivity contribution in [2.75, 3.05) is 11.9 Å². The maximum atomic E-state index is 15.3. The fourth-order valence-corrected chi connectivity index (χ4v) is 13.1. The first-order valence-corrected chi connectivity index (χ1v) is 21.6. The Balaban J connectivity index is 1.04. The van der Waals surface area contributed by atoms with Gasteiger partial charge in [-0.25, -0.2) is 4.79 Å². The summed E-state index contributed by atoms with van der Waals surface area (Å²) >= 11 is 0. The lowest BCUT2D eigenvalue weighted by Crippen LogP contribution is -2.67. The maximum absolute atomic E-state index is 15.3. The molecule has 3 saturated carbocycles. The Morgan fingerprint density at radius 3 is 2.14 bits per heavy atom. The quantitative estimate of drug-likeness (QED) is 0.108. The molecule has 6 aliphatic carbocycles. The summed E-state index contributed by atoms with van der Waals surface area (Å²) in [6.45, 7) is 5.16. The molecule has 3 N–H and O–H groups in total. The van der Waals surface area contributed by atoms with Crippen molar-refractivity contribution in [3.8, 4) is 11.1 Å². The smallest absolute Gasteiger partial charge is 0.322 e. The van der Waals surface area contributed by atoms with Crippen molar-refractivity contribution in [3.05, 3.63) is 162 Å². The molecule has 0 saturated heterocycles. The third-order valence-electron chi connectivity index (χ3n) is 16.2. The standard InChI is InChI=1S/C53H54N2O4/c1-49-27-24-42(56)32-51(49)30-31-53(44(33-51)47(57)39-22-20-37(21-23-39)36-12-5-3-6-13-36)45(49)25-28-50(2)46(53)26-29-52(50,59)35-55(48(58)54-41-17-7-4-8-18-41)34-40-16-11-15-38-14-9-10-19-43(38)40/h3-23,30-31,33,42,45-46,56,59H,24-29,32,34-35H2,1-2H3,(H,54,58). The van der Waals surface area contributed by atoms with Gasteiger partial charge in [0.1, 0.15) is 0 Å². The number of urea groups is 1. The van der Waals surface area contributed by atoms with Crippen LogP contribution in [0.25, 0.3) is 21.9 Å². The van der Waals surface area contributed by atoms with Gasteiger partial charge < -0.3 is 20.4 Å². The van der Waals surface area contributed by atoms with Crippen LogP contribution in [-0.2, 0) is 6.54 Å². The normalized spacial score (nSPS) is 32.7. The first-order chi connectivity index (χ1) is 28.5. The predicted molar refractivity (Wildman–Crippen MR) is 235 cm³/mol. The van der Waals surface area contributed by atoms with Crippen molar-refractivity contribution in [2.24, 2.45) is 33.5 Å². The molecule has 300 valence electrons. The van der Waals surface area contributed by atoms with E-state index in [9.17, 15) is 15.0 Å². The summed E-state index contributed by atoms with van der Waals surface area (Å²) in [5.41, 5.74) is 2.43. The number of aliphatic hydroxyl groups excluding tert-OH is 1. The topological polar surface area (TPSA) is 89.9 Å². The lowest BCUT2D eigenvalue weighted by atomic mass is 9.32. The van der Waals surface area contributed by atoms with Crippen molar-refractivity contribution >= 4 is 28.3 Å². The SMILES string of the molecule is CC12CCC(O)CC13C=CC1(C(C(=O)c4ccc(-c5ccccc5)cc4)=C3)C2CCC2(C)C1CCC2(O)CN(Cc1cccc2ccccc12)C(=O)Nc1ccccc1. The van der Waals surface area contributed by atoms with Crippen molar-refractivity contribution in [3.63, 3.8) is 0 Å². The molecule has 0 aliphatic heterocycles. The number of Topliss-reactive ketones (excluding diaryl/α,β-unsaturated/α-hetero) is 1. The molecule has 6 nitrogen and oxygen atoms in total. The molecule has 59 heavy (non-hydrogen) atoms. The van der Waals surface area contributed by atoms with Gasteiger partial charge in [0.25, 0.3) is 0 Å². The zero-order valence-corrected chi connectivity index (χ0v) is 34.1. The van der Waals surface area contributed by atoms with Crippen LogP contribution >= 0.6 is 0 Å². The monoisotopic (exact) mass is 782 g/mol. The number of fused-ring (bicyclic) bond motifs is 2. The van der Waals surface area contributed by atoms with Gasteiger partial charge in [0.15, 0.2) is 5.78 Å². The lowest BCUT2D eigenvalue weighted by Gasteiger charge is -2.71. The zero-order chi connectivity index (χ0) is 40.6. The number of anilines is 1. The van der Waals surface area contributed by atoms with Crippen LogP contribution in [-0.4, -0.2) is 45.2 Å². The molecule has 2 bridgehead atoms. The van der Waals surface area contributed by atoms with Crippen LogP contribution in [0.3, 0.4) is 0 Å². The van der Waals surface area contributed by atoms with Crippen LogP contribution in [0, 0.1) is 33.5 Å². The van der Waals surface area contributed by atoms with E-state index in [-0.39, 0.29) is 35.6 Å². The van der Waals surface area contributed by atoms with E-state index >= 15 is 4.79 Å². The molecule has 11 rings (SSSR count). The van der Waals surface area contributed by atoms with Gasteiger partial charge in [0.05, 0.1) is 18.2 Å². The van der Waals surface area contributed by atoms with Crippen molar-refractivity contribution in [1.82, 2.24) is 4.90 Å². The molecular weight excluding hydrogens is 729 g/mol. The average Bonchev–Trinajstić information content (AvgIpc) is 3.53. The minimum absolute atomic E-state index is 0.0349. The van der Waals surface area contributed by atoms with Crippen molar-refractivity contribution in [2.45, 2.75) is 77.0 Å². The second kappa shape index (κ2) is 13.9. The molecule has 8 unspecified atom stereocenters. The number of hydrogen-bond donors (Lipinski definition) is 3. The van der Waals surface area contributed by atoms with Crippen LogP contribution in [0.1, 0.15) is 74.7 Å². The molecule has 0 radical (unpaired) electrons. The number of carbonyl (C=O) groups excluding carboxylic acids is 2. The third kappa shape index (κ3) is 5.73. The number of benzene rings is 5. The second-order valence-corrected chi connectivity index (χ2v) is 18.9. The molecule has 3 fully saturated rings. The van der Waals surface area contributed by atoms with E-state index < -0.39 is 27.9 Å². The summed E-state index contributed by atoms with van der Waals surface area (Å²) in [6, 6.07) is 42.0. The molecule has 5 aromatic carbocycles. The molecule has 6 aliphatic rings. The molecule has 0 heterocycles. The number of nitrogens with one attached hydrogen (secondary N) is 1. The van der Waals surface area contributed by atoms with Crippen LogP contribution in [0.5, 0.6) is 0 Å². The Labute approximate surface area is 347 Å². The highest BCUT2D eigenvalue weighted by molar-refractivity contribution is 6.10. The Bertz CT molecular complexity index is 2490. The molecule has 0 aromatic heterocycles. The Morgan fingerprint density at radius 1 is 0.712 bits per heavy atom. The fourth-order valence-electron chi connectivity index (χ4n) is 13.1. The van der Waals surface area contributed by atoms with Gasteiger partial charge in [-0.3, -0.25) is 4.79 Å². The Morgan fingerprint density at radius 2 is 1.36 bits per heavy atom. The number of amides is 2. The van der Waals surface area contributed by atoms with E-state index in [2.05, 4.69) is 73.8 Å². The number of allylic oxidation sites excluding steroid dienone is 4. The number of hydrogen-bond acceptors (Lipinski definition) is 4. The third-order valence-corrected chi connectivity index (χ3v) is 16.2. The van der Waals surface area contributed by atoms with Crippen LogP contribution in [0.15, 0.2) is 151 Å². The molecule has 2 amide bonds. The largest absolute Gasteiger partial charge is 0.393 e. The molecule has 8 atom stereocenters. The van der Waals surface area contributed by atoms with Crippen LogP contribution in [0.2, 0.25) is 0 Å². The number of aliphatic hydroxyl groups is 2. The van der Waals surface area contributed by atoms with Crippen LogP contribution in [0.4, 0.5) is 10.5 Å². The number of rotatable bonds is 8. The first-order valence-electron chi connectivity index (χ1n) is 21.6. The average molecular weight is 783 g/mol. The van der Waals surface area contributed by atoms with E-state index in [0.29, 0.717) is 30.6 Å². The highest BCUT2D eigenvalue weighted by Crippen LogP contribution is 2.78. The summed E-state index contributed by atoms with van der Waals surface area (Å²) in [7, 11) is 0. The summed E-state index contributed by atoms with van der Waals surface area (Å²) in [5, 5.41) is 29.9. The highest BCUT2D eigenvalue weighted by atomic mass is 16.3. The van der Waals surface area contributed by atoms with Gasteiger partial charge in [-0.15, -0.1) is 0 Å². The minimum atomic E-state index is -1.22. The Hall–Kier alpha value is -5.30. The lowest BCUT2D eigenvalue weighted by molar-refractivity contribution is -0.174. The van der Waals surface area contributed by atoms with Crippen molar-refractivity contribution < 1.29 is 19.8 Å². The summed E-state index contributed by atoms with van der Waals surface area (Å²) in [5.74, 6) is 0.181. The summed E-state index contributed by atoms with van der Waals surface area (Å²) in [6.07, 6.45) is 11.7. The minimum Gasteiger partial charge on any atom is -0.393 e. The number of nitrogens with zero attached hydrogens (tertiary/aromatic N) is 1. The Kier molecular flexibility index (Phi) is 8.93. The molecular formula is C53H54N2O4. The van der Waals surface area contributed by atoms with Gasteiger partial charge in [-0.05, 0) is 102 Å². The van der Waals surface area contributed by atoms with E-state index in [4.69, 9.17) is 0 Å². The maximum Gasteiger partial charge on any atom is 0.322 e. The number of para-hydroxylation sites is 1. The predicted octanol–water partition coefficient (Wildman–Crippen LogP) is 11.0. The summed E-state index contributed by atoms with van der Waals surface area (Å²) < 4.78 is 0. The van der Waals surface area contributed by atoms with Gasteiger partial charge in [-0.1, -0.05) is 147 Å².